The van der Waals surface area contributed by atoms with Gasteiger partial charge in [-0.25, -0.2) is 8.42 Å². The van der Waals surface area contributed by atoms with Crippen molar-refractivity contribution in [1.29, 1.82) is 0 Å². The van der Waals surface area contributed by atoms with Crippen molar-refractivity contribution in [2.75, 3.05) is 26.3 Å². The first-order chi connectivity index (χ1) is 9.53. The summed E-state index contributed by atoms with van der Waals surface area (Å²) in [5.41, 5.74) is 6.27. The van der Waals surface area contributed by atoms with Crippen LogP contribution in [0.15, 0.2) is 34.1 Å². The Morgan fingerprint density at radius 2 is 1.85 bits per heavy atom. The Bertz CT molecular complexity index is 703. The van der Waals surface area contributed by atoms with E-state index in [-0.39, 0.29) is 9.80 Å². The lowest BCUT2D eigenvalue weighted by Gasteiger charge is -2.30. The maximum absolute atomic E-state index is 12.5. The molecule has 6 nitrogen and oxygen atoms in total. The lowest BCUT2D eigenvalue weighted by atomic mass is 10.1. The van der Waals surface area contributed by atoms with E-state index in [4.69, 9.17) is 10.5 Å². The van der Waals surface area contributed by atoms with Gasteiger partial charge in [-0.15, -0.1) is 0 Å². The third-order valence-electron chi connectivity index (χ3n) is 3.47. The van der Waals surface area contributed by atoms with Crippen LogP contribution in [0.3, 0.4) is 0 Å². The number of nitrogens with two attached hydrogens (primary N) is 1. The fourth-order valence-corrected chi connectivity index (χ4v) is 4.30. The second-order valence-corrected chi connectivity index (χ2v) is 6.50. The summed E-state index contributed by atoms with van der Waals surface area (Å²) in [6.45, 7) is 2.07. The van der Waals surface area contributed by atoms with Crippen molar-refractivity contribution in [3.63, 3.8) is 0 Å². The van der Waals surface area contributed by atoms with E-state index >= 15 is 0 Å². The first kappa shape index (κ1) is 13.1. The van der Waals surface area contributed by atoms with Gasteiger partial charge in [-0.3, -0.25) is 4.79 Å². The fraction of sp³-hybridized carbons (Fsp3) is 0.308. The van der Waals surface area contributed by atoms with Gasteiger partial charge in [0.1, 0.15) is 0 Å². The summed E-state index contributed by atoms with van der Waals surface area (Å²) in [5, 5.41) is 0. The van der Waals surface area contributed by atoms with Crippen molar-refractivity contribution in [3.05, 3.63) is 34.7 Å². The maximum Gasteiger partial charge on any atom is 0.262 e. The van der Waals surface area contributed by atoms with Gasteiger partial charge in [-0.2, -0.15) is 0 Å². The highest BCUT2D eigenvalue weighted by Gasteiger charge is 2.41. The molecule has 0 atom stereocenters. The number of nitrogens with zero attached hydrogens (tertiary/aromatic N) is 1. The van der Waals surface area contributed by atoms with Gasteiger partial charge < -0.3 is 15.4 Å². The Hall–Kier alpha value is -1.86. The number of hydrogen-bond donors (Lipinski definition) is 1. The van der Waals surface area contributed by atoms with E-state index in [1.807, 2.05) is 4.90 Å². The number of hydrogen-bond acceptors (Lipinski definition) is 5. The molecule has 3 rings (SSSR count). The predicted octanol–water partition coefficient (Wildman–Crippen LogP) is -0.0400. The lowest BCUT2D eigenvalue weighted by Crippen LogP contribution is -2.36. The van der Waals surface area contributed by atoms with E-state index < -0.39 is 15.7 Å². The molecule has 0 aliphatic carbocycles. The molecule has 0 saturated carbocycles. The minimum absolute atomic E-state index is 0.148. The summed E-state index contributed by atoms with van der Waals surface area (Å²) in [7, 11) is -3.82. The number of fused-ring (bicyclic) bond motifs is 1. The van der Waals surface area contributed by atoms with Gasteiger partial charge in [0, 0.05) is 18.7 Å². The first-order valence-electron chi connectivity index (χ1n) is 6.25. The molecule has 1 fully saturated rings. The van der Waals surface area contributed by atoms with Gasteiger partial charge in [-0.1, -0.05) is 18.2 Å². The molecule has 2 heterocycles. The van der Waals surface area contributed by atoms with Crippen molar-refractivity contribution in [2.24, 2.45) is 5.73 Å². The van der Waals surface area contributed by atoms with Gasteiger partial charge in [-0.05, 0) is 6.07 Å². The van der Waals surface area contributed by atoms with Crippen LogP contribution in [0.1, 0.15) is 5.56 Å². The number of sulfone groups is 1. The second-order valence-electron chi connectivity index (χ2n) is 4.64. The van der Waals surface area contributed by atoms with Crippen molar-refractivity contribution >= 4 is 21.4 Å². The summed E-state index contributed by atoms with van der Waals surface area (Å²) in [4.78, 5) is 13.4. The van der Waals surface area contributed by atoms with Crippen LogP contribution in [0.4, 0.5) is 0 Å². The Labute approximate surface area is 116 Å². The van der Waals surface area contributed by atoms with Crippen LogP contribution in [0.25, 0.3) is 5.70 Å². The van der Waals surface area contributed by atoms with Gasteiger partial charge in [0.2, 0.25) is 9.84 Å². The SMILES string of the molecule is NC(=O)C1=C(N2CCOCC2)c2ccccc2S1(=O)=O. The smallest absolute Gasteiger partial charge is 0.262 e. The lowest BCUT2D eigenvalue weighted by molar-refractivity contribution is -0.113. The fourth-order valence-electron chi connectivity index (χ4n) is 2.61. The first-order valence-corrected chi connectivity index (χ1v) is 7.73. The topological polar surface area (TPSA) is 89.7 Å². The number of amides is 1. The molecule has 0 radical (unpaired) electrons. The standard InChI is InChI=1S/C13H14N2O4S/c14-13(16)12-11(15-5-7-19-8-6-15)9-3-1-2-4-10(9)20(12,17)18/h1-4H,5-8H2,(H2,14,16). The summed E-state index contributed by atoms with van der Waals surface area (Å²) >= 11 is 0. The summed E-state index contributed by atoms with van der Waals surface area (Å²) in [5.74, 6) is -0.914. The molecule has 1 saturated heterocycles. The van der Waals surface area contributed by atoms with Crippen molar-refractivity contribution in [1.82, 2.24) is 4.90 Å². The molecule has 106 valence electrons. The molecule has 2 N–H and O–H groups in total. The molecule has 0 bridgehead atoms. The summed E-state index contributed by atoms with van der Waals surface area (Å²) < 4.78 is 30.2. The van der Waals surface area contributed by atoms with Gasteiger partial charge in [0.25, 0.3) is 5.91 Å². The number of rotatable bonds is 2. The minimum Gasteiger partial charge on any atom is -0.378 e. The Balaban J connectivity index is 2.24. The van der Waals surface area contributed by atoms with Gasteiger partial charge in [0.05, 0.1) is 23.8 Å². The van der Waals surface area contributed by atoms with E-state index in [1.54, 1.807) is 18.2 Å². The number of carbonyl (C=O) groups is 1. The number of ether oxygens (including phenoxy) is 1. The van der Waals surface area contributed by atoms with Crippen LogP contribution in [-0.4, -0.2) is 45.5 Å². The number of morpholine rings is 1. The zero-order valence-corrected chi connectivity index (χ0v) is 11.5. The molecule has 2 aliphatic heterocycles. The molecule has 7 heteroatoms. The molecule has 20 heavy (non-hydrogen) atoms. The molecule has 0 spiro atoms. The monoisotopic (exact) mass is 294 g/mol. The number of primary amides is 1. The molecule has 2 aliphatic rings. The quantitative estimate of drug-likeness (QED) is 0.826. The highest BCUT2D eigenvalue weighted by atomic mass is 32.2. The highest BCUT2D eigenvalue weighted by molar-refractivity contribution is 7.97. The van der Waals surface area contributed by atoms with Crippen LogP contribution >= 0.6 is 0 Å². The third-order valence-corrected chi connectivity index (χ3v) is 5.33. The van der Waals surface area contributed by atoms with Crippen LogP contribution in [0, 0.1) is 0 Å². The summed E-state index contributed by atoms with van der Waals surface area (Å²) in [6, 6.07) is 6.59. The molecule has 1 amide bonds. The molecule has 0 aromatic heterocycles. The van der Waals surface area contributed by atoms with Crippen molar-refractivity contribution in [2.45, 2.75) is 4.90 Å². The molecule has 0 unspecified atom stereocenters. The van der Waals surface area contributed by atoms with Crippen molar-refractivity contribution < 1.29 is 17.9 Å². The van der Waals surface area contributed by atoms with E-state index in [0.29, 0.717) is 37.6 Å². The molecular weight excluding hydrogens is 280 g/mol. The Morgan fingerprint density at radius 1 is 1.20 bits per heavy atom. The number of benzene rings is 1. The summed E-state index contributed by atoms with van der Waals surface area (Å²) in [6.07, 6.45) is 0. The third kappa shape index (κ3) is 1.82. The maximum atomic E-state index is 12.5. The van der Waals surface area contributed by atoms with Crippen LogP contribution in [-0.2, 0) is 19.4 Å². The van der Waals surface area contributed by atoms with Crippen LogP contribution < -0.4 is 5.73 Å². The number of carbonyl (C=O) groups excluding carboxylic acids is 1. The zero-order chi connectivity index (χ0) is 14.3. The van der Waals surface area contributed by atoms with Crippen LogP contribution in [0.2, 0.25) is 0 Å². The van der Waals surface area contributed by atoms with E-state index in [2.05, 4.69) is 0 Å². The predicted molar refractivity (Wildman–Crippen MR) is 72.1 cm³/mol. The minimum atomic E-state index is -3.82. The van der Waals surface area contributed by atoms with Crippen LogP contribution in [0.5, 0.6) is 0 Å². The van der Waals surface area contributed by atoms with Crippen molar-refractivity contribution in [3.8, 4) is 0 Å². The van der Waals surface area contributed by atoms with Gasteiger partial charge in [0.15, 0.2) is 4.91 Å². The van der Waals surface area contributed by atoms with E-state index in [9.17, 15) is 13.2 Å². The highest BCUT2D eigenvalue weighted by Crippen LogP contribution is 2.40. The molecular formula is C13H14N2O4S. The molecule has 1 aromatic rings. The van der Waals surface area contributed by atoms with E-state index in [0.717, 1.165) is 0 Å². The van der Waals surface area contributed by atoms with Gasteiger partial charge >= 0.3 is 0 Å². The normalized spacial score (nSPS) is 20.9. The Kier molecular flexibility index (Phi) is 3.02. The molecule has 1 aromatic carbocycles. The zero-order valence-electron chi connectivity index (χ0n) is 10.7. The largest absolute Gasteiger partial charge is 0.378 e. The Morgan fingerprint density at radius 3 is 2.50 bits per heavy atom. The average Bonchev–Trinajstić information content (AvgIpc) is 2.68. The second kappa shape index (κ2) is 4.60. The average molecular weight is 294 g/mol. The van der Waals surface area contributed by atoms with E-state index in [1.165, 1.54) is 6.07 Å².